The second kappa shape index (κ2) is 6.73. The Kier molecular flexibility index (Phi) is 4.50. The van der Waals surface area contributed by atoms with Crippen LogP contribution >= 0.6 is 0 Å². The van der Waals surface area contributed by atoms with Crippen LogP contribution in [0.3, 0.4) is 0 Å². The van der Waals surface area contributed by atoms with Gasteiger partial charge in [0.15, 0.2) is 5.78 Å². The number of hydrogen-bond donors (Lipinski definition) is 0. The normalized spacial score (nSPS) is 18.0. The number of para-hydroxylation sites is 1. The Hall–Kier alpha value is -2.50. The zero-order valence-electron chi connectivity index (χ0n) is 13.2. The Labute approximate surface area is 135 Å². The fraction of sp³-hybridized carbons (Fsp3) is 0.412. The fourth-order valence-corrected chi connectivity index (χ4v) is 2.94. The minimum absolute atomic E-state index is 0.112. The van der Waals surface area contributed by atoms with Crippen molar-refractivity contribution in [2.45, 2.75) is 38.6 Å². The maximum atomic E-state index is 12.7. The summed E-state index contributed by atoms with van der Waals surface area (Å²) in [5.74, 6) is -0.00335. The van der Waals surface area contributed by atoms with Crippen molar-refractivity contribution in [3.05, 3.63) is 42.5 Å². The van der Waals surface area contributed by atoms with E-state index in [1.165, 1.54) is 6.33 Å². The van der Waals surface area contributed by atoms with E-state index in [2.05, 4.69) is 10.1 Å². The number of amides is 1. The van der Waals surface area contributed by atoms with E-state index >= 15 is 0 Å². The van der Waals surface area contributed by atoms with Gasteiger partial charge in [-0.05, 0) is 31.4 Å². The minimum Gasteiger partial charge on any atom is -0.326 e. The highest BCUT2D eigenvalue weighted by Gasteiger charge is 2.33. The van der Waals surface area contributed by atoms with E-state index in [4.69, 9.17) is 0 Å². The van der Waals surface area contributed by atoms with Gasteiger partial charge < -0.3 is 4.90 Å². The summed E-state index contributed by atoms with van der Waals surface area (Å²) in [5.41, 5.74) is 0.846. The lowest BCUT2D eigenvalue weighted by Gasteiger charge is -2.33. The van der Waals surface area contributed by atoms with E-state index in [1.807, 2.05) is 37.3 Å². The number of aromatic nitrogens is 3. The predicted molar refractivity (Wildman–Crippen MR) is 85.3 cm³/mol. The molecule has 1 aromatic heterocycles. The number of Topliss-reactive ketones (excluding diaryl/α,β-unsaturated/α-hetero) is 1. The first-order valence-corrected chi connectivity index (χ1v) is 8.01. The second-order valence-corrected chi connectivity index (χ2v) is 5.68. The lowest BCUT2D eigenvalue weighted by Crippen LogP contribution is -2.48. The van der Waals surface area contributed by atoms with Gasteiger partial charge >= 0.3 is 0 Å². The highest BCUT2D eigenvalue weighted by molar-refractivity contribution is 5.95. The molecule has 0 saturated carbocycles. The summed E-state index contributed by atoms with van der Waals surface area (Å²) in [4.78, 5) is 30.6. The zero-order chi connectivity index (χ0) is 16.2. The molecule has 0 aliphatic carbocycles. The van der Waals surface area contributed by atoms with Crippen molar-refractivity contribution in [3.8, 4) is 5.69 Å². The van der Waals surface area contributed by atoms with Crippen molar-refractivity contribution >= 4 is 11.7 Å². The minimum atomic E-state index is -0.329. The zero-order valence-corrected chi connectivity index (χ0v) is 13.2. The first-order valence-electron chi connectivity index (χ1n) is 8.01. The molecule has 6 heteroatoms. The van der Waals surface area contributed by atoms with Crippen LogP contribution in [0, 0.1) is 0 Å². The fourth-order valence-electron chi connectivity index (χ4n) is 2.94. The predicted octanol–water partition coefficient (Wildman–Crippen LogP) is 2.24. The van der Waals surface area contributed by atoms with Gasteiger partial charge in [0.25, 0.3) is 5.91 Å². The van der Waals surface area contributed by atoms with Crippen molar-refractivity contribution in [1.82, 2.24) is 19.7 Å². The molecular formula is C17H20N4O2. The first kappa shape index (κ1) is 15.4. The molecule has 1 aliphatic rings. The Morgan fingerprint density at radius 1 is 1.22 bits per heavy atom. The van der Waals surface area contributed by atoms with Crippen LogP contribution in [0.25, 0.3) is 5.69 Å². The molecule has 3 rings (SSSR count). The molecule has 23 heavy (non-hydrogen) atoms. The average molecular weight is 312 g/mol. The lowest BCUT2D eigenvalue weighted by molar-refractivity contribution is -0.124. The molecule has 0 N–H and O–H groups in total. The van der Waals surface area contributed by atoms with Crippen LogP contribution in [0.2, 0.25) is 0 Å². The molecule has 1 unspecified atom stereocenters. The van der Waals surface area contributed by atoms with E-state index in [0.29, 0.717) is 13.0 Å². The summed E-state index contributed by atoms with van der Waals surface area (Å²) in [6, 6.07) is 9.18. The van der Waals surface area contributed by atoms with Gasteiger partial charge in [0.05, 0.1) is 11.7 Å². The second-order valence-electron chi connectivity index (χ2n) is 5.68. The molecule has 1 saturated heterocycles. The number of hydrogen-bond acceptors (Lipinski definition) is 4. The van der Waals surface area contributed by atoms with E-state index in [-0.39, 0.29) is 23.6 Å². The summed E-state index contributed by atoms with van der Waals surface area (Å²) in [6.07, 6.45) is 4.60. The molecule has 0 bridgehead atoms. The maximum absolute atomic E-state index is 12.7. The third kappa shape index (κ3) is 3.16. The summed E-state index contributed by atoms with van der Waals surface area (Å²) in [7, 11) is 0. The van der Waals surface area contributed by atoms with Gasteiger partial charge in [-0.1, -0.05) is 25.1 Å². The summed E-state index contributed by atoms with van der Waals surface area (Å²) < 4.78 is 1.58. The molecule has 120 valence electrons. The molecule has 1 fully saturated rings. The standard InChI is InChI=1S/C17H20N4O2/c1-2-15(22)14-10-6-7-11-20(14)17(23)16-18-12-21(19-16)13-8-4-3-5-9-13/h3-5,8-9,12,14H,2,6-7,10-11H2,1H3. The van der Waals surface area contributed by atoms with Crippen molar-refractivity contribution in [3.63, 3.8) is 0 Å². The number of benzene rings is 1. The lowest BCUT2D eigenvalue weighted by atomic mass is 9.97. The number of piperidine rings is 1. The third-order valence-corrected chi connectivity index (χ3v) is 4.19. The number of carbonyl (C=O) groups is 2. The monoisotopic (exact) mass is 312 g/mol. The smallest absolute Gasteiger partial charge is 0.294 e. The number of carbonyl (C=O) groups excluding carboxylic acids is 2. The molecule has 1 atom stereocenters. The van der Waals surface area contributed by atoms with Gasteiger partial charge in [0.2, 0.25) is 5.82 Å². The number of ketones is 1. The number of nitrogens with zero attached hydrogens (tertiary/aromatic N) is 4. The average Bonchev–Trinajstić information content (AvgIpc) is 3.11. The van der Waals surface area contributed by atoms with Crippen LogP contribution in [-0.4, -0.2) is 43.9 Å². The van der Waals surface area contributed by atoms with Crippen LogP contribution in [-0.2, 0) is 4.79 Å². The molecule has 1 aromatic carbocycles. The van der Waals surface area contributed by atoms with Crippen molar-refractivity contribution < 1.29 is 9.59 Å². The van der Waals surface area contributed by atoms with Gasteiger partial charge in [-0.3, -0.25) is 9.59 Å². The van der Waals surface area contributed by atoms with Crippen LogP contribution < -0.4 is 0 Å². The summed E-state index contributed by atoms with van der Waals surface area (Å²) in [5, 5.41) is 4.28. The molecule has 2 heterocycles. The van der Waals surface area contributed by atoms with E-state index < -0.39 is 0 Å². The van der Waals surface area contributed by atoms with Crippen LogP contribution in [0.1, 0.15) is 43.2 Å². The Bertz CT molecular complexity index is 696. The van der Waals surface area contributed by atoms with Gasteiger partial charge in [0, 0.05) is 13.0 Å². The third-order valence-electron chi connectivity index (χ3n) is 4.19. The molecule has 0 radical (unpaired) electrons. The first-order chi connectivity index (χ1) is 11.2. The Balaban J connectivity index is 1.82. The molecule has 0 spiro atoms. The maximum Gasteiger partial charge on any atom is 0.294 e. The number of rotatable bonds is 4. The van der Waals surface area contributed by atoms with E-state index in [0.717, 1.165) is 24.9 Å². The molecule has 1 aliphatic heterocycles. The van der Waals surface area contributed by atoms with Crippen molar-refractivity contribution in [2.75, 3.05) is 6.54 Å². The van der Waals surface area contributed by atoms with Gasteiger partial charge in [0.1, 0.15) is 6.33 Å². The summed E-state index contributed by atoms with van der Waals surface area (Å²) in [6.45, 7) is 2.43. The van der Waals surface area contributed by atoms with E-state index in [1.54, 1.807) is 9.58 Å². The van der Waals surface area contributed by atoms with Crippen molar-refractivity contribution in [1.29, 1.82) is 0 Å². The molecular weight excluding hydrogens is 292 g/mol. The molecule has 1 amide bonds. The Morgan fingerprint density at radius 3 is 2.74 bits per heavy atom. The SMILES string of the molecule is CCC(=O)C1CCCCN1C(=O)c1ncn(-c2ccccc2)n1. The van der Waals surface area contributed by atoms with Gasteiger partial charge in [-0.25, -0.2) is 9.67 Å². The highest BCUT2D eigenvalue weighted by Crippen LogP contribution is 2.20. The van der Waals surface area contributed by atoms with Crippen LogP contribution in [0.5, 0.6) is 0 Å². The van der Waals surface area contributed by atoms with E-state index in [9.17, 15) is 9.59 Å². The highest BCUT2D eigenvalue weighted by atomic mass is 16.2. The quantitative estimate of drug-likeness (QED) is 0.868. The molecule has 2 aromatic rings. The largest absolute Gasteiger partial charge is 0.326 e. The van der Waals surface area contributed by atoms with Crippen LogP contribution in [0.15, 0.2) is 36.7 Å². The molecule has 6 nitrogen and oxygen atoms in total. The Morgan fingerprint density at radius 2 is 2.00 bits per heavy atom. The number of likely N-dealkylation sites (tertiary alicyclic amines) is 1. The van der Waals surface area contributed by atoms with Gasteiger partial charge in [-0.15, -0.1) is 5.10 Å². The topological polar surface area (TPSA) is 68.1 Å². The van der Waals surface area contributed by atoms with Gasteiger partial charge in [-0.2, -0.15) is 0 Å². The summed E-state index contributed by atoms with van der Waals surface area (Å²) >= 11 is 0. The van der Waals surface area contributed by atoms with Crippen molar-refractivity contribution in [2.24, 2.45) is 0 Å². The van der Waals surface area contributed by atoms with Crippen LogP contribution in [0.4, 0.5) is 0 Å².